The number of carbonyl (C=O) groups is 2. The van der Waals surface area contributed by atoms with E-state index >= 15 is 0 Å². The Morgan fingerprint density at radius 3 is 2.35 bits per heavy atom. The van der Waals surface area contributed by atoms with Crippen LogP contribution in [-0.4, -0.2) is 41.5 Å². The highest BCUT2D eigenvalue weighted by Crippen LogP contribution is 2.36. The van der Waals surface area contributed by atoms with Crippen molar-refractivity contribution in [3.8, 4) is 0 Å². The van der Waals surface area contributed by atoms with E-state index in [0.717, 1.165) is 37.3 Å². The van der Waals surface area contributed by atoms with Crippen molar-refractivity contribution in [1.82, 2.24) is 15.5 Å². The summed E-state index contributed by atoms with van der Waals surface area (Å²) < 4.78 is 0. The first-order valence-corrected chi connectivity index (χ1v) is 11.3. The summed E-state index contributed by atoms with van der Waals surface area (Å²) in [5, 5.41) is 9.65. The van der Waals surface area contributed by atoms with Crippen LogP contribution in [0.5, 0.6) is 0 Å². The maximum atomic E-state index is 12.4. The molecule has 0 radical (unpaired) electrons. The lowest BCUT2D eigenvalue weighted by molar-refractivity contribution is -0.121. The Hall–Kier alpha value is -2.28. The maximum Gasteiger partial charge on any atom is 0.319 e. The van der Waals surface area contributed by atoms with Gasteiger partial charge >= 0.3 is 6.03 Å². The van der Waals surface area contributed by atoms with E-state index in [2.05, 4.69) is 33.0 Å². The molecule has 6 nitrogen and oxygen atoms in total. The van der Waals surface area contributed by atoms with Gasteiger partial charge in [0, 0.05) is 40.4 Å². The van der Waals surface area contributed by atoms with Crippen molar-refractivity contribution in [1.29, 1.82) is 0 Å². The van der Waals surface area contributed by atoms with Gasteiger partial charge in [0.25, 0.3) is 0 Å². The summed E-state index contributed by atoms with van der Waals surface area (Å²) in [5.74, 6) is -0.170. The second-order valence-corrected chi connectivity index (χ2v) is 9.11. The lowest BCUT2D eigenvalue weighted by atomic mass is 9.96. The number of amides is 3. The van der Waals surface area contributed by atoms with E-state index in [1.807, 2.05) is 12.1 Å². The van der Waals surface area contributed by atoms with Crippen molar-refractivity contribution < 1.29 is 9.59 Å². The molecule has 2 saturated heterocycles. The number of hydrogen-bond acceptors (Lipinski definition) is 3. The van der Waals surface area contributed by atoms with E-state index in [0.29, 0.717) is 22.8 Å². The van der Waals surface area contributed by atoms with E-state index in [9.17, 15) is 9.59 Å². The third-order valence-corrected chi connectivity index (χ3v) is 6.51. The van der Waals surface area contributed by atoms with Crippen LogP contribution >= 0.6 is 23.2 Å². The van der Waals surface area contributed by atoms with Crippen molar-refractivity contribution >= 4 is 40.8 Å². The van der Waals surface area contributed by atoms with Gasteiger partial charge in [-0.15, -0.1) is 0 Å². The number of piperidine rings is 1. The van der Waals surface area contributed by atoms with Crippen molar-refractivity contribution in [3.63, 3.8) is 0 Å². The molecule has 0 spiro atoms. The highest BCUT2D eigenvalue weighted by molar-refractivity contribution is 6.31. The number of halogens is 2. The summed E-state index contributed by atoms with van der Waals surface area (Å²) in [6.45, 7) is 0.852. The van der Waals surface area contributed by atoms with Crippen LogP contribution in [0.15, 0.2) is 48.5 Å². The Morgan fingerprint density at radius 1 is 0.968 bits per heavy atom. The molecule has 0 aromatic heterocycles. The van der Waals surface area contributed by atoms with Gasteiger partial charge in [-0.1, -0.05) is 41.4 Å². The van der Waals surface area contributed by atoms with Crippen LogP contribution in [-0.2, 0) is 11.3 Å². The molecule has 0 saturated carbocycles. The Labute approximate surface area is 192 Å². The molecule has 2 unspecified atom stereocenters. The highest BCUT2D eigenvalue weighted by atomic mass is 35.5. The Morgan fingerprint density at radius 2 is 1.68 bits per heavy atom. The molecule has 0 aliphatic carbocycles. The summed E-state index contributed by atoms with van der Waals surface area (Å²) in [5.41, 5.74) is 1.84. The Balaban J connectivity index is 1.22. The van der Waals surface area contributed by atoms with Gasteiger partial charge in [-0.25, -0.2) is 4.79 Å². The van der Waals surface area contributed by atoms with Crippen molar-refractivity contribution in [2.45, 2.75) is 50.4 Å². The number of fused-ring (bicyclic) bond motifs is 2. The summed E-state index contributed by atoms with van der Waals surface area (Å²) in [6.07, 6.45) is 4.19. The van der Waals surface area contributed by atoms with Crippen LogP contribution in [0.4, 0.5) is 10.5 Å². The zero-order valence-electron chi connectivity index (χ0n) is 17.1. The summed E-state index contributed by atoms with van der Waals surface area (Å²) in [4.78, 5) is 26.9. The predicted octanol–water partition coefficient (Wildman–Crippen LogP) is 4.43. The zero-order valence-corrected chi connectivity index (χ0v) is 18.6. The first-order chi connectivity index (χ1) is 15.0. The molecular formula is C23H26Cl2N4O2. The molecule has 2 aliphatic heterocycles. The van der Waals surface area contributed by atoms with Gasteiger partial charge in [0.2, 0.25) is 5.91 Å². The summed E-state index contributed by atoms with van der Waals surface area (Å²) in [6, 6.07) is 15.5. The number of carbonyl (C=O) groups excluding carboxylic acids is 2. The lowest BCUT2D eigenvalue weighted by Crippen LogP contribution is -2.51. The normalized spacial score (nSPS) is 22.7. The molecule has 2 aromatic rings. The number of benzene rings is 2. The molecule has 3 N–H and O–H groups in total. The molecule has 31 heavy (non-hydrogen) atoms. The van der Waals surface area contributed by atoms with Gasteiger partial charge < -0.3 is 16.0 Å². The standard InChI is InChI=1S/C23H26Cl2N4O2/c24-16-6-4-15(5-7-16)14-29-20-8-9-21(29)12-19(11-20)27-22(30)13-26-23(31)28-18-3-1-2-17(25)10-18/h1-7,10,19-21H,8-9,11-14H2,(H,27,30)(H2,26,28,31). The number of rotatable bonds is 6. The smallest absolute Gasteiger partial charge is 0.319 e. The topological polar surface area (TPSA) is 73.5 Å². The molecule has 2 bridgehead atoms. The van der Waals surface area contributed by atoms with E-state index in [-0.39, 0.29) is 18.5 Å². The number of hydrogen-bond donors (Lipinski definition) is 3. The second kappa shape index (κ2) is 9.90. The fraction of sp³-hybridized carbons (Fsp3) is 0.391. The average molecular weight is 461 g/mol. The summed E-state index contributed by atoms with van der Waals surface area (Å²) in [7, 11) is 0. The second-order valence-electron chi connectivity index (χ2n) is 8.24. The van der Waals surface area contributed by atoms with Crippen LogP contribution in [0.25, 0.3) is 0 Å². The SMILES string of the molecule is O=C(CNC(=O)Nc1cccc(Cl)c1)NC1CC2CCC(C1)N2Cc1ccc(Cl)cc1. The van der Waals surface area contributed by atoms with Crippen LogP contribution in [0.2, 0.25) is 10.0 Å². The van der Waals surface area contributed by atoms with E-state index in [4.69, 9.17) is 23.2 Å². The van der Waals surface area contributed by atoms with E-state index in [1.54, 1.807) is 24.3 Å². The van der Waals surface area contributed by atoms with Crippen LogP contribution in [0, 0.1) is 0 Å². The third kappa shape index (κ3) is 5.91. The number of anilines is 1. The van der Waals surface area contributed by atoms with Crippen LogP contribution in [0.1, 0.15) is 31.2 Å². The molecule has 2 heterocycles. The molecule has 2 atom stereocenters. The van der Waals surface area contributed by atoms with Crippen LogP contribution in [0.3, 0.4) is 0 Å². The quantitative estimate of drug-likeness (QED) is 0.596. The van der Waals surface area contributed by atoms with Gasteiger partial charge in [0.05, 0.1) is 6.54 Å². The lowest BCUT2D eigenvalue weighted by Gasteiger charge is -2.39. The van der Waals surface area contributed by atoms with Gasteiger partial charge in [-0.2, -0.15) is 0 Å². The minimum absolute atomic E-state index is 0.0628. The maximum absolute atomic E-state index is 12.4. The molecule has 3 amide bonds. The molecule has 2 aliphatic rings. The molecule has 2 fully saturated rings. The third-order valence-electron chi connectivity index (χ3n) is 6.02. The molecule has 2 aromatic carbocycles. The average Bonchev–Trinajstić information content (AvgIpc) is 2.96. The molecular weight excluding hydrogens is 435 g/mol. The largest absolute Gasteiger partial charge is 0.352 e. The fourth-order valence-corrected chi connectivity index (χ4v) is 4.95. The number of urea groups is 1. The van der Waals surface area contributed by atoms with Crippen molar-refractivity contribution in [2.75, 3.05) is 11.9 Å². The van der Waals surface area contributed by atoms with Crippen LogP contribution < -0.4 is 16.0 Å². The zero-order chi connectivity index (χ0) is 21.8. The molecule has 8 heteroatoms. The minimum atomic E-state index is -0.435. The Bertz CT molecular complexity index is 923. The van der Waals surface area contributed by atoms with Gasteiger partial charge in [0.15, 0.2) is 0 Å². The van der Waals surface area contributed by atoms with Gasteiger partial charge in [-0.05, 0) is 61.6 Å². The fourth-order valence-electron chi connectivity index (χ4n) is 4.63. The summed E-state index contributed by atoms with van der Waals surface area (Å²) >= 11 is 11.9. The van der Waals surface area contributed by atoms with E-state index < -0.39 is 6.03 Å². The highest BCUT2D eigenvalue weighted by Gasteiger charge is 2.40. The van der Waals surface area contributed by atoms with Crippen molar-refractivity contribution in [2.24, 2.45) is 0 Å². The number of nitrogens with one attached hydrogen (secondary N) is 3. The number of nitrogens with zero attached hydrogens (tertiary/aromatic N) is 1. The first kappa shape index (κ1) is 21.9. The van der Waals surface area contributed by atoms with E-state index in [1.165, 1.54) is 5.56 Å². The first-order valence-electron chi connectivity index (χ1n) is 10.6. The van der Waals surface area contributed by atoms with Crippen molar-refractivity contribution in [3.05, 3.63) is 64.1 Å². The minimum Gasteiger partial charge on any atom is -0.352 e. The predicted molar refractivity (Wildman–Crippen MR) is 123 cm³/mol. The van der Waals surface area contributed by atoms with Gasteiger partial charge in [0.1, 0.15) is 0 Å². The monoisotopic (exact) mass is 460 g/mol. The van der Waals surface area contributed by atoms with Gasteiger partial charge in [-0.3, -0.25) is 9.69 Å². The Kier molecular flexibility index (Phi) is 7.00. The molecule has 164 valence electrons. The molecule has 4 rings (SSSR count).